The van der Waals surface area contributed by atoms with E-state index >= 15 is 0 Å². The van der Waals surface area contributed by atoms with Gasteiger partial charge in [0.1, 0.15) is 23.0 Å². The van der Waals surface area contributed by atoms with Crippen molar-refractivity contribution in [2.24, 2.45) is 20.0 Å². The second-order valence-electron chi connectivity index (χ2n) is 37.9. The van der Waals surface area contributed by atoms with E-state index in [1.165, 1.54) is 62.5 Å². The van der Waals surface area contributed by atoms with Crippen LogP contribution in [0.5, 0.6) is 23.0 Å². The van der Waals surface area contributed by atoms with Gasteiger partial charge in [-0.15, -0.1) is 0 Å². The zero-order valence-corrected chi connectivity index (χ0v) is 84.8. The fraction of sp³-hybridized carbons (Fsp3) is 0.400. The molecule has 5 N–H and O–H groups in total. The first kappa shape index (κ1) is 99.1. The lowest BCUT2D eigenvalue weighted by Gasteiger charge is -2.32. The lowest BCUT2D eigenvalue weighted by atomic mass is 9.96. The third kappa shape index (κ3) is 21.7. The van der Waals surface area contributed by atoms with Gasteiger partial charge >= 0.3 is 0 Å². The van der Waals surface area contributed by atoms with Crippen LogP contribution in [-0.4, -0.2) is 217 Å². The molecular weight excluding hydrogens is 1860 g/mol. The summed E-state index contributed by atoms with van der Waals surface area (Å²) in [5.74, 6) is 21.8. The van der Waals surface area contributed by atoms with E-state index in [9.17, 15) is 24.3 Å². The molecule has 0 bridgehead atoms. The van der Waals surface area contributed by atoms with Crippen molar-refractivity contribution in [3.63, 3.8) is 0 Å². The molecule has 742 valence electrons. The molecule has 4 aromatic heterocycles. The Labute approximate surface area is 850 Å². The number of phenols is 2. The van der Waals surface area contributed by atoms with Gasteiger partial charge in [-0.25, -0.2) is 20.0 Å². The number of halogens is 3. The standard InChI is InChI=1S/C31H26ClN5O2.2C25H33ClN6O2.C21H21N5O.C8H10O/c1-2-35-30(39)28-29(37-20-24(33-31(35)37)17-22-11-7-4-8-12-22)34-27(16-14-21-9-5-3-6-10-21)36(28)19-23-13-15-26(38)25(32)18-23;2*1-4-30-23(33)21-22(31-13-12-27-25(30)31)29-24(28-18-8-6-5-7-9-18)32(21)15-17-10-11-20(19(26)14-17)34-16(2)3;1-2-25-19(27)17-18(26-14-21(24-20(25)26)12-6-7-13-21)23-16(22-17)11-10-15-8-4-3-5-9-15;1-2-7-3-5-8(9)6-4-7/h3-13,15,18,24,38H,2,17,19-20H2,1H3;2*10-11,14,16,18H,4-9,12-13,15H2,1-3H3,(H,28,29);3-5,8-9H,2,6-7,12-14H2,1H3,(H,22,23);3-6,9H,2H2,1H3/t24-;;;;/m1..../s1. The fourth-order valence-corrected chi connectivity index (χ4v) is 20.9. The van der Waals surface area contributed by atoms with Crippen molar-refractivity contribution in [1.29, 1.82) is 0 Å². The summed E-state index contributed by atoms with van der Waals surface area (Å²) in [6.45, 7) is 25.6. The number of fused-ring (bicyclic) bond motifs is 12. The van der Waals surface area contributed by atoms with Gasteiger partial charge in [0.25, 0.3) is 23.6 Å². The molecule has 3 aliphatic carbocycles. The third-order valence-electron chi connectivity index (χ3n) is 27.2. The highest BCUT2D eigenvalue weighted by molar-refractivity contribution is 6.33. The molecule has 0 radical (unpaired) electrons. The first-order chi connectivity index (χ1) is 69.4. The number of aromatic nitrogens is 8. The zero-order valence-electron chi connectivity index (χ0n) is 82.5. The summed E-state index contributed by atoms with van der Waals surface area (Å²) in [5, 5.41) is 27.5. The monoisotopic (exact) mass is 1980 g/mol. The number of H-pyrrole nitrogens is 1. The number of aromatic amines is 1. The van der Waals surface area contributed by atoms with Gasteiger partial charge in [-0.1, -0.05) is 202 Å². The van der Waals surface area contributed by atoms with Crippen LogP contribution in [0, 0.1) is 23.7 Å². The Hall–Kier alpha value is -14.1. The number of rotatable bonds is 21. The number of imidazole rings is 4. The molecule has 8 aliphatic heterocycles. The normalized spacial score (nSPS) is 17.3. The molecule has 0 unspecified atom stereocenters. The highest BCUT2D eigenvalue weighted by atomic mass is 35.5. The number of anilines is 6. The summed E-state index contributed by atoms with van der Waals surface area (Å²) in [6.07, 6.45) is 18.4. The van der Waals surface area contributed by atoms with E-state index in [-0.39, 0.29) is 58.2 Å². The molecule has 11 aromatic rings. The van der Waals surface area contributed by atoms with Gasteiger partial charge in [-0.2, -0.15) is 9.97 Å². The van der Waals surface area contributed by atoms with Gasteiger partial charge in [0.15, 0.2) is 57.7 Å². The molecule has 1 atom stereocenters. The molecule has 12 heterocycles. The fourth-order valence-electron chi connectivity index (χ4n) is 20.2. The van der Waals surface area contributed by atoms with Crippen LogP contribution >= 0.6 is 34.8 Å². The van der Waals surface area contributed by atoms with E-state index < -0.39 is 0 Å². The average molecular weight is 1990 g/mol. The maximum absolute atomic E-state index is 13.9. The minimum absolute atomic E-state index is 0.00453. The van der Waals surface area contributed by atoms with E-state index in [4.69, 9.17) is 74.3 Å². The summed E-state index contributed by atoms with van der Waals surface area (Å²) in [4.78, 5) is 111. The zero-order chi connectivity index (χ0) is 99.7. The molecule has 143 heavy (non-hydrogen) atoms. The first-order valence-electron chi connectivity index (χ1n) is 50.4. The number of aromatic hydroxyl groups is 2. The highest BCUT2D eigenvalue weighted by Gasteiger charge is 2.51. The number of carbonyl (C=O) groups is 4. The first-order valence-corrected chi connectivity index (χ1v) is 51.5. The predicted octanol–water partition coefficient (Wildman–Crippen LogP) is 19.2. The summed E-state index contributed by atoms with van der Waals surface area (Å²) in [6, 6.07) is 54.4. The van der Waals surface area contributed by atoms with Crippen molar-refractivity contribution in [1.82, 2.24) is 58.2 Å². The van der Waals surface area contributed by atoms with Crippen LogP contribution in [0.1, 0.15) is 245 Å². The van der Waals surface area contributed by atoms with E-state index in [1.54, 1.807) is 49.9 Å². The van der Waals surface area contributed by atoms with Gasteiger partial charge in [0.2, 0.25) is 35.7 Å². The van der Waals surface area contributed by atoms with Crippen molar-refractivity contribution < 1.29 is 38.9 Å². The van der Waals surface area contributed by atoms with Crippen molar-refractivity contribution in [3.05, 3.63) is 258 Å². The Morgan fingerprint density at radius 3 is 1.40 bits per heavy atom. The van der Waals surface area contributed by atoms with Gasteiger partial charge in [-0.05, 0) is 219 Å². The van der Waals surface area contributed by atoms with Crippen LogP contribution < -0.4 is 39.7 Å². The lowest BCUT2D eigenvalue weighted by molar-refractivity contribution is 0.0828. The quantitative estimate of drug-likeness (QED) is 0.0417. The maximum atomic E-state index is 13.9. The molecule has 33 heteroatoms. The largest absolute Gasteiger partial charge is 0.508 e. The maximum Gasteiger partial charge on any atom is 0.281 e. The number of guanidine groups is 4. The SMILES string of the molecule is CCN1C(=O)c2[nH]c(C#Cc3ccccc3)nc2N2CC3(CCCC3)N=C12.CCN1C(=O)c2c(nc(C#Cc3ccccc3)n2Cc2ccc(O)c(Cl)c2)N2C[C@@H](Cc3ccccc3)N=C12.CCN1C(=O)c2c(nc(NC3CCCCC3)n2Cc2ccc(OC(C)C)c(Cl)c2)N2CCN=C12.CCN1C(=O)c2c(nc(NC3CCCCC3)n2Cc2ccc(OC(C)C)c(Cl)c2)N2CCN=C12.CCc1ccc(O)cc1. The summed E-state index contributed by atoms with van der Waals surface area (Å²) in [5.41, 5.74) is 9.18. The van der Waals surface area contributed by atoms with Crippen LogP contribution in [0.15, 0.2) is 190 Å². The number of amides is 4. The molecular formula is C110H123Cl3N22O8. The molecule has 22 rings (SSSR count). The lowest BCUT2D eigenvalue weighted by Crippen LogP contribution is -2.50. The second-order valence-corrected chi connectivity index (χ2v) is 39.1. The second kappa shape index (κ2) is 44.2. The summed E-state index contributed by atoms with van der Waals surface area (Å²) in [7, 11) is 0. The number of hydrogen-bond donors (Lipinski definition) is 5. The van der Waals surface area contributed by atoms with Gasteiger partial charge in [0.05, 0.1) is 84.7 Å². The molecule has 4 amide bonds. The average Bonchev–Trinajstić information content (AvgIpc) is 1.81. The number of hydrogen-bond acceptors (Lipinski definition) is 22. The molecule has 3 fully saturated rings. The minimum atomic E-state index is -0.159. The Bertz CT molecular complexity index is 6590. The predicted molar refractivity (Wildman–Crippen MR) is 564 cm³/mol. The Morgan fingerprint density at radius 2 is 0.909 bits per heavy atom. The van der Waals surface area contributed by atoms with E-state index in [2.05, 4.69) is 88.0 Å². The van der Waals surface area contributed by atoms with Gasteiger partial charge < -0.3 is 39.9 Å². The summed E-state index contributed by atoms with van der Waals surface area (Å²) < 4.78 is 17.5. The highest BCUT2D eigenvalue weighted by Crippen LogP contribution is 2.45. The van der Waals surface area contributed by atoms with E-state index in [1.807, 2.05) is 201 Å². The van der Waals surface area contributed by atoms with Gasteiger partial charge in [-0.3, -0.25) is 77.5 Å². The van der Waals surface area contributed by atoms with Crippen molar-refractivity contribution >= 4 is 117 Å². The van der Waals surface area contributed by atoms with Crippen molar-refractivity contribution in [2.75, 3.05) is 95.7 Å². The smallest absolute Gasteiger partial charge is 0.281 e. The van der Waals surface area contributed by atoms with Crippen LogP contribution in [-0.2, 0) is 32.5 Å². The van der Waals surface area contributed by atoms with Crippen LogP contribution in [0.4, 0.5) is 35.2 Å². The van der Waals surface area contributed by atoms with Crippen LogP contribution in [0.3, 0.4) is 0 Å². The number of carbonyl (C=O) groups excluding carboxylic acids is 4. The molecule has 0 saturated heterocycles. The number of aliphatic imine (C=N–C) groups is 4. The Morgan fingerprint density at radius 1 is 0.455 bits per heavy atom. The van der Waals surface area contributed by atoms with E-state index in [0.29, 0.717) is 180 Å². The minimum Gasteiger partial charge on any atom is -0.508 e. The third-order valence-corrected chi connectivity index (χ3v) is 28.1. The van der Waals surface area contributed by atoms with Crippen molar-refractivity contribution in [2.45, 2.75) is 221 Å². The number of aryl methyl sites for hydroxylation is 1. The molecule has 1 spiro atoms. The van der Waals surface area contributed by atoms with E-state index in [0.717, 1.165) is 117 Å². The number of nitrogens with one attached hydrogen (secondary N) is 3. The number of phenolic OH excluding ortho intramolecular Hbond substituents is 2. The Kier molecular flexibility index (Phi) is 30.6. The number of nitrogens with zero attached hydrogens (tertiary/aromatic N) is 19. The van der Waals surface area contributed by atoms with Gasteiger partial charge in [0, 0.05) is 62.5 Å². The Balaban J connectivity index is 0.000000123. The molecule has 7 aromatic carbocycles. The summed E-state index contributed by atoms with van der Waals surface area (Å²) >= 11 is 19.3. The number of ether oxygens (including phenoxy) is 2. The van der Waals surface area contributed by atoms with Crippen molar-refractivity contribution in [3.8, 4) is 46.7 Å². The van der Waals surface area contributed by atoms with Crippen LogP contribution in [0.2, 0.25) is 15.1 Å². The number of benzene rings is 7. The molecule has 3 saturated carbocycles. The van der Waals surface area contributed by atoms with Crippen LogP contribution in [0.25, 0.3) is 0 Å². The molecule has 11 aliphatic rings. The molecule has 30 nitrogen and oxygen atoms in total. The topological polar surface area (TPSA) is 309 Å².